The third-order valence-corrected chi connectivity index (χ3v) is 7.17. The molecule has 1 amide bonds. The fraction of sp³-hybridized carbons (Fsp3) is 0.280. The van der Waals surface area contributed by atoms with Crippen LogP contribution < -0.4 is 14.9 Å². The van der Waals surface area contributed by atoms with Gasteiger partial charge in [-0.1, -0.05) is 30.3 Å². The zero-order chi connectivity index (χ0) is 23.8. The Hall–Kier alpha value is -3.27. The van der Waals surface area contributed by atoms with Gasteiger partial charge in [0.25, 0.3) is 0 Å². The Morgan fingerprint density at radius 2 is 1.65 bits per heavy atom. The minimum atomic E-state index is -3.67. The summed E-state index contributed by atoms with van der Waals surface area (Å²) >= 11 is 0. The lowest BCUT2D eigenvalue weighted by Crippen LogP contribution is -2.45. The Bertz CT molecular complexity index is 1160. The van der Waals surface area contributed by atoms with Gasteiger partial charge in [-0.2, -0.15) is 0 Å². The van der Waals surface area contributed by atoms with E-state index in [0.29, 0.717) is 5.69 Å². The number of amides is 1. The minimum absolute atomic E-state index is 0.00834. The van der Waals surface area contributed by atoms with Crippen LogP contribution in [0.4, 0.5) is 11.4 Å². The molecule has 178 valence electrons. The van der Waals surface area contributed by atoms with Crippen LogP contribution in [0.15, 0.2) is 84.0 Å². The normalized spacial score (nSPS) is 14.6. The van der Waals surface area contributed by atoms with E-state index < -0.39 is 10.0 Å². The highest BCUT2D eigenvalue weighted by atomic mass is 32.2. The fourth-order valence-corrected chi connectivity index (χ4v) is 4.87. The summed E-state index contributed by atoms with van der Waals surface area (Å²) in [6.45, 7) is 4.89. The van der Waals surface area contributed by atoms with Crippen LogP contribution >= 0.6 is 0 Å². The number of sulfonamides is 1. The number of carbonyl (C=O) groups is 1. The first-order chi connectivity index (χ1) is 16.5. The van der Waals surface area contributed by atoms with Crippen molar-refractivity contribution in [1.29, 1.82) is 0 Å². The molecule has 2 N–H and O–H groups in total. The number of anilines is 2. The third-order valence-electron chi connectivity index (χ3n) is 5.73. The molecule has 0 bridgehead atoms. The molecule has 0 aliphatic carbocycles. The number of hydrogen-bond donors (Lipinski definition) is 2. The molecule has 1 fully saturated rings. The highest BCUT2D eigenvalue weighted by Gasteiger charge is 2.18. The molecule has 0 unspecified atom stereocenters. The fourth-order valence-electron chi connectivity index (χ4n) is 3.87. The number of nitrogens with one attached hydrogen (secondary N) is 2. The first kappa shape index (κ1) is 23.9. The van der Waals surface area contributed by atoms with E-state index in [0.717, 1.165) is 38.4 Å². The SMILES string of the molecule is O=C(CCNS(=O)(=O)c1cccnc1)Nc1ccc(N2CCN(Cc3ccccc3)CC2)cc1. The molecule has 1 saturated heterocycles. The molecule has 8 nitrogen and oxygen atoms in total. The van der Waals surface area contributed by atoms with E-state index in [9.17, 15) is 13.2 Å². The summed E-state index contributed by atoms with van der Waals surface area (Å²) in [4.78, 5) is 20.9. The van der Waals surface area contributed by atoms with E-state index in [1.807, 2.05) is 30.3 Å². The number of hydrogen-bond acceptors (Lipinski definition) is 6. The van der Waals surface area contributed by atoms with E-state index in [2.05, 4.69) is 49.1 Å². The zero-order valence-corrected chi connectivity index (χ0v) is 19.7. The number of carbonyl (C=O) groups excluding carboxylic acids is 1. The molecule has 1 aliphatic rings. The quantitative estimate of drug-likeness (QED) is 0.490. The third kappa shape index (κ3) is 6.63. The van der Waals surface area contributed by atoms with Gasteiger partial charge in [0.2, 0.25) is 15.9 Å². The highest BCUT2D eigenvalue weighted by molar-refractivity contribution is 7.89. The van der Waals surface area contributed by atoms with Crippen molar-refractivity contribution in [3.8, 4) is 0 Å². The maximum absolute atomic E-state index is 12.2. The molecule has 0 saturated carbocycles. The van der Waals surface area contributed by atoms with Gasteiger partial charge < -0.3 is 10.2 Å². The molecule has 0 spiro atoms. The van der Waals surface area contributed by atoms with Gasteiger partial charge in [-0.15, -0.1) is 0 Å². The summed E-state index contributed by atoms with van der Waals surface area (Å²) in [5.41, 5.74) is 3.15. The Kier molecular flexibility index (Phi) is 7.89. The van der Waals surface area contributed by atoms with Crippen LogP contribution in [0.2, 0.25) is 0 Å². The van der Waals surface area contributed by atoms with Gasteiger partial charge in [0, 0.05) is 69.5 Å². The number of aromatic nitrogens is 1. The van der Waals surface area contributed by atoms with Crippen LogP contribution in [-0.2, 0) is 21.4 Å². The van der Waals surface area contributed by atoms with Crippen molar-refractivity contribution in [2.75, 3.05) is 42.9 Å². The molecule has 0 atom stereocenters. The van der Waals surface area contributed by atoms with Crippen LogP contribution in [0.25, 0.3) is 0 Å². The van der Waals surface area contributed by atoms with Gasteiger partial charge in [-0.3, -0.25) is 14.7 Å². The number of rotatable bonds is 9. The molecule has 3 aromatic rings. The molecule has 4 rings (SSSR count). The highest BCUT2D eigenvalue weighted by Crippen LogP contribution is 2.20. The van der Waals surface area contributed by atoms with E-state index >= 15 is 0 Å². The van der Waals surface area contributed by atoms with Gasteiger partial charge in [-0.25, -0.2) is 13.1 Å². The Labute approximate surface area is 200 Å². The average Bonchev–Trinajstić information content (AvgIpc) is 2.86. The monoisotopic (exact) mass is 479 g/mol. The number of benzene rings is 2. The largest absolute Gasteiger partial charge is 0.369 e. The second-order valence-electron chi connectivity index (χ2n) is 8.18. The predicted molar refractivity (Wildman–Crippen MR) is 133 cm³/mol. The van der Waals surface area contributed by atoms with Crippen molar-refractivity contribution >= 4 is 27.3 Å². The maximum Gasteiger partial charge on any atom is 0.242 e. The molecule has 1 aliphatic heterocycles. The Balaban J connectivity index is 1.20. The van der Waals surface area contributed by atoms with Crippen LogP contribution in [0.1, 0.15) is 12.0 Å². The number of piperazine rings is 1. The van der Waals surface area contributed by atoms with Crippen LogP contribution in [0, 0.1) is 0 Å². The first-order valence-electron chi connectivity index (χ1n) is 11.3. The second kappa shape index (κ2) is 11.2. The van der Waals surface area contributed by atoms with Gasteiger partial charge in [0.1, 0.15) is 4.90 Å². The minimum Gasteiger partial charge on any atom is -0.369 e. The molecule has 2 heterocycles. The first-order valence-corrected chi connectivity index (χ1v) is 12.8. The van der Waals surface area contributed by atoms with E-state index in [-0.39, 0.29) is 23.8 Å². The smallest absolute Gasteiger partial charge is 0.242 e. The summed E-state index contributed by atoms with van der Waals surface area (Å²) < 4.78 is 26.8. The lowest BCUT2D eigenvalue weighted by molar-refractivity contribution is -0.116. The van der Waals surface area contributed by atoms with E-state index in [1.165, 1.54) is 24.0 Å². The van der Waals surface area contributed by atoms with E-state index in [1.54, 1.807) is 6.07 Å². The van der Waals surface area contributed by atoms with Crippen molar-refractivity contribution in [1.82, 2.24) is 14.6 Å². The zero-order valence-electron chi connectivity index (χ0n) is 18.9. The summed E-state index contributed by atoms with van der Waals surface area (Å²) in [7, 11) is -3.67. The topological polar surface area (TPSA) is 94.6 Å². The second-order valence-corrected chi connectivity index (χ2v) is 9.95. The molecule has 1 aromatic heterocycles. The molecule has 9 heteroatoms. The summed E-state index contributed by atoms with van der Waals surface area (Å²) in [5, 5.41) is 2.82. The van der Waals surface area contributed by atoms with Crippen molar-refractivity contribution in [3.63, 3.8) is 0 Å². The predicted octanol–water partition coefficient (Wildman–Crippen LogP) is 2.71. The number of pyridine rings is 1. The lowest BCUT2D eigenvalue weighted by Gasteiger charge is -2.36. The van der Waals surface area contributed by atoms with Crippen molar-refractivity contribution < 1.29 is 13.2 Å². The summed E-state index contributed by atoms with van der Waals surface area (Å²) in [6, 6.07) is 21.3. The molecule has 0 radical (unpaired) electrons. The van der Waals surface area contributed by atoms with Gasteiger partial charge in [-0.05, 0) is 42.0 Å². The standard InChI is InChI=1S/C25H29N5O3S/c31-25(12-14-27-34(32,33)24-7-4-13-26-19-24)28-22-8-10-23(11-9-22)30-17-15-29(16-18-30)20-21-5-2-1-3-6-21/h1-11,13,19,27H,12,14-18,20H2,(H,28,31). The van der Waals surface area contributed by atoms with Crippen LogP contribution in [0.3, 0.4) is 0 Å². The van der Waals surface area contributed by atoms with Gasteiger partial charge in [0.05, 0.1) is 0 Å². The van der Waals surface area contributed by atoms with Crippen molar-refractivity contribution in [2.24, 2.45) is 0 Å². The molecule has 34 heavy (non-hydrogen) atoms. The summed E-state index contributed by atoms with van der Waals surface area (Å²) in [5.74, 6) is -0.254. The Morgan fingerprint density at radius 3 is 2.32 bits per heavy atom. The Morgan fingerprint density at radius 1 is 0.912 bits per heavy atom. The van der Waals surface area contributed by atoms with Crippen LogP contribution in [-0.4, -0.2) is 56.9 Å². The molecular weight excluding hydrogens is 450 g/mol. The maximum atomic E-state index is 12.2. The van der Waals surface area contributed by atoms with E-state index in [4.69, 9.17) is 0 Å². The number of nitrogens with zero attached hydrogens (tertiary/aromatic N) is 3. The van der Waals surface area contributed by atoms with Crippen molar-refractivity contribution in [2.45, 2.75) is 17.9 Å². The molecular formula is C25H29N5O3S. The van der Waals surface area contributed by atoms with Gasteiger partial charge >= 0.3 is 0 Å². The average molecular weight is 480 g/mol. The van der Waals surface area contributed by atoms with Crippen LogP contribution in [0.5, 0.6) is 0 Å². The van der Waals surface area contributed by atoms with Gasteiger partial charge in [0.15, 0.2) is 0 Å². The summed E-state index contributed by atoms with van der Waals surface area (Å²) in [6.07, 6.45) is 2.81. The molecule has 2 aromatic carbocycles. The lowest BCUT2D eigenvalue weighted by atomic mass is 10.2. The van der Waals surface area contributed by atoms with Crippen molar-refractivity contribution in [3.05, 3.63) is 84.7 Å².